The molecule has 0 aliphatic heterocycles. The molecule has 2 nitrogen and oxygen atoms in total. The largest absolute Gasteiger partial charge is 0.456 e. The molecule has 0 aliphatic rings. The van der Waals surface area contributed by atoms with Crippen LogP contribution in [0, 0.1) is 6.92 Å². The van der Waals surface area contributed by atoms with Gasteiger partial charge in [-0.3, -0.25) is 4.79 Å². The van der Waals surface area contributed by atoms with Crippen LogP contribution in [0.1, 0.15) is 18.2 Å². The molecule has 0 unspecified atom stereocenters. The number of hydrogen-bond donors (Lipinski definition) is 0. The van der Waals surface area contributed by atoms with Crippen LogP contribution in [0.25, 0.3) is 28.2 Å². The zero-order chi connectivity index (χ0) is 14.8. The molecule has 104 valence electrons. The van der Waals surface area contributed by atoms with Crippen molar-refractivity contribution in [2.45, 2.75) is 13.8 Å². The SMILES string of the molecule is CC(=O)/C=C/c1oc2ccc(C)cc2c1-c1ccccc1. The summed E-state index contributed by atoms with van der Waals surface area (Å²) in [5, 5.41) is 1.07. The quantitative estimate of drug-likeness (QED) is 0.629. The van der Waals surface area contributed by atoms with Crippen molar-refractivity contribution in [1.29, 1.82) is 0 Å². The van der Waals surface area contributed by atoms with Gasteiger partial charge in [0, 0.05) is 10.9 Å². The molecule has 21 heavy (non-hydrogen) atoms. The Morgan fingerprint density at radius 1 is 1.10 bits per heavy atom. The summed E-state index contributed by atoms with van der Waals surface area (Å²) < 4.78 is 5.92. The molecule has 0 bridgehead atoms. The summed E-state index contributed by atoms with van der Waals surface area (Å²) in [7, 11) is 0. The lowest BCUT2D eigenvalue weighted by atomic mass is 10.0. The third-order valence-corrected chi connectivity index (χ3v) is 3.40. The van der Waals surface area contributed by atoms with Crippen LogP contribution in [0.3, 0.4) is 0 Å². The topological polar surface area (TPSA) is 30.2 Å². The van der Waals surface area contributed by atoms with Crippen LogP contribution < -0.4 is 0 Å². The van der Waals surface area contributed by atoms with Crippen molar-refractivity contribution < 1.29 is 9.21 Å². The van der Waals surface area contributed by atoms with E-state index in [1.807, 2.05) is 30.3 Å². The second-order valence-electron chi connectivity index (χ2n) is 5.15. The molecule has 1 heterocycles. The maximum atomic E-state index is 11.2. The van der Waals surface area contributed by atoms with Crippen molar-refractivity contribution in [3.05, 3.63) is 65.9 Å². The number of hydrogen-bond acceptors (Lipinski definition) is 2. The van der Waals surface area contributed by atoms with Gasteiger partial charge in [0.25, 0.3) is 0 Å². The van der Waals surface area contributed by atoms with E-state index >= 15 is 0 Å². The van der Waals surface area contributed by atoms with Gasteiger partial charge in [-0.2, -0.15) is 0 Å². The summed E-state index contributed by atoms with van der Waals surface area (Å²) in [5.41, 5.74) is 4.14. The van der Waals surface area contributed by atoms with Gasteiger partial charge in [0.2, 0.25) is 0 Å². The fourth-order valence-electron chi connectivity index (χ4n) is 2.44. The Hall–Kier alpha value is -2.61. The monoisotopic (exact) mass is 276 g/mol. The summed E-state index contributed by atoms with van der Waals surface area (Å²) in [6.07, 6.45) is 3.29. The van der Waals surface area contributed by atoms with Crippen molar-refractivity contribution in [2.24, 2.45) is 0 Å². The number of benzene rings is 2. The van der Waals surface area contributed by atoms with E-state index in [2.05, 4.69) is 25.1 Å². The molecule has 0 atom stereocenters. The molecule has 3 rings (SSSR count). The lowest BCUT2D eigenvalue weighted by Crippen LogP contribution is -1.82. The van der Waals surface area contributed by atoms with Gasteiger partial charge in [-0.25, -0.2) is 0 Å². The van der Waals surface area contributed by atoms with Crippen molar-refractivity contribution in [2.75, 3.05) is 0 Å². The summed E-state index contributed by atoms with van der Waals surface area (Å²) in [6.45, 7) is 3.60. The highest BCUT2D eigenvalue weighted by Gasteiger charge is 2.14. The highest BCUT2D eigenvalue weighted by atomic mass is 16.3. The smallest absolute Gasteiger partial charge is 0.152 e. The van der Waals surface area contributed by atoms with E-state index in [0.717, 1.165) is 27.9 Å². The van der Waals surface area contributed by atoms with Gasteiger partial charge in [0.15, 0.2) is 5.78 Å². The van der Waals surface area contributed by atoms with E-state index in [-0.39, 0.29) is 5.78 Å². The number of allylic oxidation sites excluding steroid dienone is 1. The molecule has 0 aliphatic carbocycles. The van der Waals surface area contributed by atoms with Crippen LogP contribution in [0.2, 0.25) is 0 Å². The van der Waals surface area contributed by atoms with Gasteiger partial charge in [0.1, 0.15) is 11.3 Å². The fourth-order valence-corrected chi connectivity index (χ4v) is 2.44. The Labute approximate surface area is 123 Å². The van der Waals surface area contributed by atoms with Crippen molar-refractivity contribution >= 4 is 22.8 Å². The lowest BCUT2D eigenvalue weighted by molar-refractivity contribution is -0.112. The lowest BCUT2D eigenvalue weighted by Gasteiger charge is -2.01. The average molecular weight is 276 g/mol. The molecule has 1 aromatic heterocycles. The third kappa shape index (κ3) is 2.65. The first-order valence-corrected chi connectivity index (χ1v) is 6.92. The van der Waals surface area contributed by atoms with Crippen LogP contribution in [0.5, 0.6) is 0 Å². The number of carbonyl (C=O) groups is 1. The molecular weight excluding hydrogens is 260 g/mol. The first-order chi connectivity index (χ1) is 10.1. The average Bonchev–Trinajstić information content (AvgIpc) is 2.83. The summed E-state index contributed by atoms with van der Waals surface area (Å²) in [5.74, 6) is 0.725. The molecular formula is C19H16O2. The predicted molar refractivity (Wildman–Crippen MR) is 86.1 cm³/mol. The molecule has 0 amide bonds. The fraction of sp³-hybridized carbons (Fsp3) is 0.105. The van der Waals surface area contributed by atoms with Crippen LogP contribution in [0.15, 0.2) is 59.0 Å². The van der Waals surface area contributed by atoms with Crippen molar-refractivity contribution in [3.63, 3.8) is 0 Å². The molecule has 2 aromatic carbocycles. The minimum absolute atomic E-state index is 0.00523. The van der Waals surface area contributed by atoms with Crippen LogP contribution in [-0.4, -0.2) is 5.78 Å². The zero-order valence-corrected chi connectivity index (χ0v) is 12.1. The first-order valence-electron chi connectivity index (χ1n) is 6.92. The first kappa shape index (κ1) is 13.4. The Morgan fingerprint density at radius 3 is 2.57 bits per heavy atom. The van der Waals surface area contributed by atoms with Crippen molar-refractivity contribution in [1.82, 2.24) is 0 Å². The molecule has 0 N–H and O–H groups in total. The van der Waals surface area contributed by atoms with E-state index in [1.54, 1.807) is 6.08 Å². The number of fused-ring (bicyclic) bond motifs is 1. The molecule has 0 saturated heterocycles. The van der Waals surface area contributed by atoms with Crippen LogP contribution in [0.4, 0.5) is 0 Å². The molecule has 0 radical (unpaired) electrons. The third-order valence-electron chi connectivity index (χ3n) is 3.40. The molecule has 0 fully saturated rings. The molecule has 2 heteroatoms. The minimum atomic E-state index is 0.00523. The normalized spacial score (nSPS) is 11.3. The second kappa shape index (κ2) is 5.41. The van der Waals surface area contributed by atoms with E-state index < -0.39 is 0 Å². The number of rotatable bonds is 3. The Balaban J connectivity index is 2.29. The zero-order valence-electron chi connectivity index (χ0n) is 12.1. The Bertz CT molecular complexity index is 823. The van der Waals surface area contributed by atoms with Gasteiger partial charge in [-0.05, 0) is 43.7 Å². The minimum Gasteiger partial charge on any atom is -0.456 e. The number of ketones is 1. The summed E-state index contributed by atoms with van der Waals surface area (Å²) >= 11 is 0. The van der Waals surface area contributed by atoms with E-state index in [9.17, 15) is 4.79 Å². The Kier molecular flexibility index (Phi) is 3.44. The van der Waals surface area contributed by atoms with Crippen LogP contribution >= 0.6 is 0 Å². The van der Waals surface area contributed by atoms with Gasteiger partial charge in [-0.1, -0.05) is 42.0 Å². The molecule has 3 aromatic rings. The Morgan fingerprint density at radius 2 is 1.86 bits per heavy atom. The van der Waals surface area contributed by atoms with E-state index in [4.69, 9.17) is 4.42 Å². The number of aryl methyl sites for hydroxylation is 1. The van der Waals surface area contributed by atoms with Crippen LogP contribution in [-0.2, 0) is 4.79 Å². The highest BCUT2D eigenvalue weighted by molar-refractivity contribution is 6.00. The van der Waals surface area contributed by atoms with Gasteiger partial charge < -0.3 is 4.42 Å². The van der Waals surface area contributed by atoms with Gasteiger partial charge >= 0.3 is 0 Å². The molecule has 0 spiro atoms. The van der Waals surface area contributed by atoms with E-state index in [1.165, 1.54) is 18.6 Å². The summed E-state index contributed by atoms with van der Waals surface area (Å²) in [4.78, 5) is 11.2. The van der Waals surface area contributed by atoms with Crippen molar-refractivity contribution in [3.8, 4) is 11.1 Å². The standard InChI is InChI=1S/C19H16O2/c1-13-8-10-17-16(12-13)19(15-6-4-3-5-7-15)18(21-17)11-9-14(2)20/h3-12H,1-2H3/b11-9+. The predicted octanol–water partition coefficient (Wildman–Crippen LogP) is 5.01. The molecule has 0 saturated carbocycles. The highest BCUT2D eigenvalue weighted by Crippen LogP contribution is 2.36. The maximum absolute atomic E-state index is 11.2. The van der Waals surface area contributed by atoms with E-state index in [0.29, 0.717) is 0 Å². The van der Waals surface area contributed by atoms with Gasteiger partial charge in [0.05, 0.1) is 0 Å². The number of furan rings is 1. The second-order valence-corrected chi connectivity index (χ2v) is 5.15. The summed E-state index contributed by atoms with van der Waals surface area (Å²) in [6, 6.07) is 16.2. The number of carbonyl (C=O) groups excluding carboxylic acids is 1. The van der Waals surface area contributed by atoms with Gasteiger partial charge in [-0.15, -0.1) is 0 Å². The maximum Gasteiger partial charge on any atom is 0.152 e.